The second-order valence-electron chi connectivity index (χ2n) is 6.94. The lowest BCUT2D eigenvalue weighted by Crippen LogP contribution is -2.45. The molecule has 1 aromatic heterocycles. The third-order valence-corrected chi connectivity index (χ3v) is 4.55. The van der Waals surface area contributed by atoms with Crippen molar-refractivity contribution in [1.29, 1.82) is 0 Å². The summed E-state index contributed by atoms with van der Waals surface area (Å²) in [5.74, 6) is -0.353. The van der Waals surface area contributed by atoms with Crippen molar-refractivity contribution in [3.05, 3.63) is 11.7 Å². The molecule has 1 aromatic rings. The third-order valence-electron chi connectivity index (χ3n) is 4.55. The maximum absolute atomic E-state index is 12.3. The fraction of sp³-hybridized carbons (Fsp3) is 0.706. The molecule has 9 nitrogen and oxygen atoms in total. The smallest absolute Gasteiger partial charge is 0.306 e. The predicted octanol–water partition coefficient (Wildman–Crippen LogP) is 0.907. The van der Waals surface area contributed by atoms with E-state index in [9.17, 15) is 14.4 Å². The fourth-order valence-corrected chi connectivity index (χ4v) is 2.78. The summed E-state index contributed by atoms with van der Waals surface area (Å²) in [6.07, 6.45) is 1.42. The molecule has 1 saturated heterocycles. The van der Waals surface area contributed by atoms with Gasteiger partial charge in [0.1, 0.15) is 0 Å². The molecule has 0 bridgehead atoms. The number of hydrogen-bond donors (Lipinski definition) is 1. The van der Waals surface area contributed by atoms with Crippen LogP contribution >= 0.6 is 0 Å². The molecule has 0 radical (unpaired) electrons. The monoisotopic (exact) mass is 366 g/mol. The Hall–Kier alpha value is -2.45. The Morgan fingerprint density at radius 2 is 1.96 bits per heavy atom. The number of likely N-dealkylation sites (tertiary alicyclic amines) is 1. The zero-order valence-corrected chi connectivity index (χ0v) is 15.5. The van der Waals surface area contributed by atoms with E-state index in [-0.39, 0.29) is 36.6 Å². The van der Waals surface area contributed by atoms with Crippen molar-refractivity contribution in [3.63, 3.8) is 0 Å². The van der Waals surface area contributed by atoms with Crippen LogP contribution < -0.4 is 0 Å². The Kier molecular flexibility index (Phi) is 6.70. The Labute approximate surface area is 152 Å². The Morgan fingerprint density at radius 3 is 2.50 bits per heavy atom. The number of piperidine rings is 1. The van der Waals surface area contributed by atoms with E-state index in [1.165, 1.54) is 4.90 Å². The third kappa shape index (κ3) is 5.27. The van der Waals surface area contributed by atoms with Crippen LogP contribution in [0.2, 0.25) is 0 Å². The van der Waals surface area contributed by atoms with Gasteiger partial charge >= 0.3 is 5.97 Å². The van der Waals surface area contributed by atoms with Gasteiger partial charge in [0.05, 0.1) is 12.5 Å². The average Bonchev–Trinajstić information content (AvgIpc) is 3.09. The van der Waals surface area contributed by atoms with Gasteiger partial charge in [0.15, 0.2) is 5.82 Å². The number of carboxylic acids is 1. The van der Waals surface area contributed by atoms with Gasteiger partial charge in [-0.3, -0.25) is 14.4 Å². The van der Waals surface area contributed by atoms with Gasteiger partial charge in [-0.05, 0) is 12.8 Å². The molecule has 9 heteroatoms. The van der Waals surface area contributed by atoms with Gasteiger partial charge in [0.25, 0.3) is 0 Å². The summed E-state index contributed by atoms with van der Waals surface area (Å²) >= 11 is 0. The largest absolute Gasteiger partial charge is 0.481 e. The number of aryl methyl sites for hydroxylation is 1. The molecule has 1 aliphatic heterocycles. The SMILES string of the molecule is CC(C)c1noc(CCC(=O)N(C)CC(=O)N2CCC(C(=O)O)CC2)n1. The molecule has 144 valence electrons. The summed E-state index contributed by atoms with van der Waals surface area (Å²) in [4.78, 5) is 42.7. The summed E-state index contributed by atoms with van der Waals surface area (Å²) in [6.45, 7) is 4.73. The van der Waals surface area contributed by atoms with Gasteiger partial charge in [-0.25, -0.2) is 0 Å². The van der Waals surface area contributed by atoms with Crippen molar-refractivity contribution in [3.8, 4) is 0 Å². The zero-order valence-electron chi connectivity index (χ0n) is 15.5. The van der Waals surface area contributed by atoms with Crippen molar-refractivity contribution in [2.24, 2.45) is 5.92 Å². The molecule has 2 rings (SSSR count). The molecule has 0 aliphatic carbocycles. The van der Waals surface area contributed by atoms with Crippen molar-refractivity contribution in [1.82, 2.24) is 19.9 Å². The van der Waals surface area contributed by atoms with Gasteiger partial charge < -0.3 is 19.4 Å². The van der Waals surface area contributed by atoms with Crippen molar-refractivity contribution < 1.29 is 24.0 Å². The molecule has 0 aromatic carbocycles. The van der Waals surface area contributed by atoms with E-state index in [1.807, 2.05) is 13.8 Å². The van der Waals surface area contributed by atoms with Gasteiger partial charge in [-0.1, -0.05) is 19.0 Å². The summed E-state index contributed by atoms with van der Waals surface area (Å²) in [5, 5.41) is 12.8. The molecule has 0 spiro atoms. The van der Waals surface area contributed by atoms with Gasteiger partial charge in [-0.15, -0.1) is 0 Å². The second-order valence-corrected chi connectivity index (χ2v) is 6.94. The summed E-state index contributed by atoms with van der Waals surface area (Å²) in [5.41, 5.74) is 0. The number of hydrogen-bond acceptors (Lipinski definition) is 6. The number of aromatic nitrogens is 2. The fourth-order valence-electron chi connectivity index (χ4n) is 2.78. The lowest BCUT2D eigenvalue weighted by atomic mass is 9.97. The van der Waals surface area contributed by atoms with E-state index in [0.29, 0.717) is 44.1 Å². The average molecular weight is 366 g/mol. The minimum atomic E-state index is -0.814. The normalized spacial score (nSPS) is 15.3. The minimum Gasteiger partial charge on any atom is -0.481 e. The molecule has 1 aliphatic rings. The highest BCUT2D eigenvalue weighted by atomic mass is 16.5. The Morgan fingerprint density at radius 1 is 1.31 bits per heavy atom. The molecule has 2 heterocycles. The van der Waals surface area contributed by atoms with Crippen molar-refractivity contribution >= 4 is 17.8 Å². The highest BCUT2D eigenvalue weighted by Gasteiger charge is 2.27. The standard InChI is InChI=1S/C17H26N4O5/c1-11(2)16-18-13(26-19-16)4-5-14(22)20(3)10-15(23)21-8-6-12(7-9-21)17(24)25/h11-12H,4-10H2,1-3H3,(H,24,25). The second kappa shape index (κ2) is 8.77. The summed E-state index contributed by atoms with van der Waals surface area (Å²) in [7, 11) is 1.58. The van der Waals surface area contributed by atoms with E-state index in [2.05, 4.69) is 10.1 Å². The maximum atomic E-state index is 12.3. The zero-order chi connectivity index (χ0) is 19.3. The van der Waals surface area contributed by atoms with Crippen LogP contribution in [0.25, 0.3) is 0 Å². The van der Waals surface area contributed by atoms with Crippen LogP contribution in [0.5, 0.6) is 0 Å². The molecule has 1 fully saturated rings. The number of carboxylic acid groups (broad SMARTS) is 1. The Bertz CT molecular complexity index is 649. The quantitative estimate of drug-likeness (QED) is 0.762. The number of amides is 2. The maximum Gasteiger partial charge on any atom is 0.306 e. The van der Waals surface area contributed by atoms with E-state index < -0.39 is 5.97 Å². The first-order valence-electron chi connectivity index (χ1n) is 8.85. The van der Waals surface area contributed by atoms with E-state index in [4.69, 9.17) is 9.63 Å². The van der Waals surface area contributed by atoms with E-state index in [0.717, 1.165) is 0 Å². The lowest BCUT2D eigenvalue weighted by molar-refractivity contribution is -0.146. The molecular formula is C17H26N4O5. The highest BCUT2D eigenvalue weighted by molar-refractivity contribution is 5.85. The number of rotatable bonds is 7. The number of aliphatic carboxylic acids is 1. The van der Waals surface area contributed by atoms with Gasteiger partial charge in [-0.2, -0.15) is 4.98 Å². The van der Waals surface area contributed by atoms with E-state index in [1.54, 1.807) is 11.9 Å². The van der Waals surface area contributed by atoms with Gasteiger partial charge in [0.2, 0.25) is 17.7 Å². The molecule has 2 amide bonds. The first kappa shape index (κ1) is 19.9. The number of carbonyl (C=O) groups is 3. The summed E-state index contributed by atoms with van der Waals surface area (Å²) < 4.78 is 5.11. The number of nitrogens with zero attached hydrogens (tertiary/aromatic N) is 4. The molecule has 0 atom stereocenters. The highest BCUT2D eigenvalue weighted by Crippen LogP contribution is 2.17. The topological polar surface area (TPSA) is 117 Å². The van der Waals surface area contributed by atoms with Crippen LogP contribution in [0.1, 0.15) is 50.7 Å². The molecular weight excluding hydrogens is 340 g/mol. The van der Waals surface area contributed by atoms with Gasteiger partial charge in [0, 0.05) is 38.9 Å². The molecule has 1 N–H and O–H groups in total. The van der Waals surface area contributed by atoms with Crippen LogP contribution in [0.4, 0.5) is 0 Å². The van der Waals surface area contributed by atoms with Crippen LogP contribution in [0, 0.1) is 5.92 Å². The molecule has 0 saturated carbocycles. The van der Waals surface area contributed by atoms with Crippen LogP contribution in [0.3, 0.4) is 0 Å². The van der Waals surface area contributed by atoms with Crippen molar-refractivity contribution in [2.75, 3.05) is 26.7 Å². The minimum absolute atomic E-state index is 0.0162. The van der Waals surface area contributed by atoms with E-state index >= 15 is 0 Å². The lowest BCUT2D eigenvalue weighted by Gasteiger charge is -2.31. The number of likely N-dealkylation sites (N-methyl/N-ethyl adjacent to an activating group) is 1. The first-order valence-corrected chi connectivity index (χ1v) is 8.85. The van der Waals surface area contributed by atoms with Crippen LogP contribution in [-0.4, -0.2) is 69.5 Å². The van der Waals surface area contributed by atoms with Crippen molar-refractivity contribution in [2.45, 2.75) is 45.4 Å². The Balaban J connectivity index is 1.75. The van der Waals surface area contributed by atoms with Crippen LogP contribution in [-0.2, 0) is 20.8 Å². The van der Waals surface area contributed by atoms with Crippen LogP contribution in [0.15, 0.2) is 4.52 Å². The predicted molar refractivity (Wildman–Crippen MR) is 91.3 cm³/mol. The molecule has 26 heavy (non-hydrogen) atoms. The first-order chi connectivity index (χ1) is 12.3. The number of carbonyl (C=O) groups excluding carboxylic acids is 2. The summed E-state index contributed by atoms with van der Waals surface area (Å²) in [6, 6.07) is 0. The molecule has 0 unspecified atom stereocenters.